The van der Waals surface area contributed by atoms with Crippen molar-refractivity contribution in [2.45, 2.75) is 150 Å². The average molecular weight is 1720 g/mol. The van der Waals surface area contributed by atoms with Crippen LogP contribution in [0.2, 0.25) is 0 Å². The standard InChI is InChI=1S/C13H17NO3S.C13H16O2.C11H12NO3S.C11H11O2.8C2H6.3CH3.3W/c1-3-6-11-7-4-5-8-12(11)9-10-13(15)14-18(2,16)17;1-3-6-11-7-4-5-8-12(11)9-10-13(14)15-2;1-9-5-3-4-6-10(9)7-8-11(13)12-16(2,14)15;1-9-5-3-4-6-10(9)7-8-11(12)13-2;8*1-2;;;;;;/h4-5,7-10H,3,6H2,1-2H3,(H,14,15);4-5,7-10H,3,6H2,1-2H3;3-8H,1H2,2H3,(H,12,13);3-8H,1H2,2H3;8*1-2H3;3*1H3;;;/q;;2*-1;;;;;;;;;3*-1;;2*+2/b2*10-9+;2*8-7+;;;;;;;;;;;;;;. The molecule has 2 N–H and O–H groups in total. The molecule has 0 aliphatic rings. The molecule has 0 bridgehead atoms. The molecule has 2 amide bonds. The Labute approximate surface area is 560 Å². The number of esters is 2. The van der Waals surface area contributed by atoms with Crippen LogP contribution in [0.3, 0.4) is 0 Å². The predicted molar refractivity (Wildman–Crippen MR) is 359 cm³/mol. The molecular formula is C67H113N2O10S2W3-. The third-order valence-corrected chi connectivity index (χ3v) is 9.00. The number of carbonyl (C=O) groups is 4. The molecule has 12 nitrogen and oxygen atoms in total. The average Bonchev–Trinajstić information content (AvgIpc) is 3.46. The Morgan fingerprint density at radius 2 is 0.631 bits per heavy atom. The summed E-state index contributed by atoms with van der Waals surface area (Å²) in [5.41, 5.74) is 7.78. The van der Waals surface area contributed by atoms with Gasteiger partial charge in [-0.25, -0.2) is 35.9 Å². The van der Waals surface area contributed by atoms with E-state index in [2.05, 4.69) is 43.2 Å². The second-order valence-corrected chi connectivity index (χ2v) is 16.6. The third kappa shape index (κ3) is 71.7. The van der Waals surface area contributed by atoms with Gasteiger partial charge in [-0.3, -0.25) is 9.59 Å². The SMILES string of the molecule is CC.CC.CC.CC.CC.CC.CC.CC.CCCc1ccccc1/C=C/C(=O)NS(C)(=O)=O.CCCc1ccccc1/C=C/C(=O)OC.[CH2-]c1ccccc1/C=C/C(=O)NS(C)(=O)=O.[CH2-]c1ccccc1/C=C/C(=O)OC.[CH3-].[CH3-].[CH3-].[W+2].[W+2].[W]. The van der Waals surface area contributed by atoms with Crippen LogP contribution in [0.1, 0.15) is 182 Å². The maximum atomic E-state index is 11.3. The monoisotopic (exact) mass is 1720 g/mol. The summed E-state index contributed by atoms with van der Waals surface area (Å²) < 4.78 is 55.9. The Kier molecular flexibility index (Phi) is 112. The summed E-state index contributed by atoms with van der Waals surface area (Å²) in [7, 11) is -4.27. The van der Waals surface area contributed by atoms with Gasteiger partial charge in [0.05, 0.1) is 26.7 Å². The molecule has 0 atom stereocenters. The molecule has 4 aromatic rings. The summed E-state index contributed by atoms with van der Waals surface area (Å²) in [5, 5.41) is 0. The minimum atomic E-state index is -3.50. The van der Waals surface area contributed by atoms with Gasteiger partial charge in [-0.2, -0.15) is 37.1 Å². The van der Waals surface area contributed by atoms with Gasteiger partial charge in [0.1, 0.15) is 0 Å². The second-order valence-electron chi connectivity index (χ2n) is 13.2. The zero-order chi connectivity index (χ0) is 62.6. The van der Waals surface area contributed by atoms with Gasteiger partial charge in [-0.15, -0.1) is 47.5 Å². The molecule has 0 aliphatic heterocycles. The number of hydrogen-bond donors (Lipinski definition) is 2. The maximum absolute atomic E-state index is 11.3. The van der Waals surface area contributed by atoms with Crippen molar-refractivity contribution in [3.8, 4) is 0 Å². The third-order valence-electron chi connectivity index (χ3n) is 7.86. The van der Waals surface area contributed by atoms with Crippen molar-refractivity contribution < 1.29 is 109 Å². The molecule has 4 rings (SSSR count). The van der Waals surface area contributed by atoms with E-state index in [-0.39, 0.29) is 97.4 Å². The fourth-order valence-corrected chi connectivity index (χ4v) is 5.86. The van der Waals surface area contributed by atoms with Crippen molar-refractivity contribution in [1.82, 2.24) is 9.44 Å². The van der Waals surface area contributed by atoms with Gasteiger partial charge in [-0.05, 0) is 53.3 Å². The molecule has 0 saturated heterocycles. The topological polar surface area (TPSA) is 179 Å². The number of aryl methyl sites for hydroxylation is 2. The smallest absolute Gasteiger partial charge is 0.466 e. The normalized spacial score (nSPS) is 8.74. The Bertz CT molecular complexity index is 2440. The summed E-state index contributed by atoms with van der Waals surface area (Å²) in [6, 6.07) is 30.6. The fourth-order valence-electron chi connectivity index (χ4n) is 5.00. The van der Waals surface area contributed by atoms with E-state index in [1.807, 2.05) is 199 Å². The molecule has 0 aliphatic carbocycles. The molecule has 4 aromatic carbocycles. The van der Waals surface area contributed by atoms with Crippen molar-refractivity contribution in [3.63, 3.8) is 0 Å². The Morgan fingerprint density at radius 1 is 0.417 bits per heavy atom. The van der Waals surface area contributed by atoms with Crippen molar-refractivity contribution in [2.24, 2.45) is 0 Å². The molecule has 482 valence electrons. The van der Waals surface area contributed by atoms with E-state index >= 15 is 0 Å². The van der Waals surface area contributed by atoms with Crippen LogP contribution in [0.25, 0.3) is 24.3 Å². The number of methoxy groups -OCH3 is 2. The first-order chi connectivity index (χ1) is 37.3. The van der Waals surface area contributed by atoms with Crippen molar-refractivity contribution in [2.75, 3.05) is 26.7 Å². The number of sulfonamides is 2. The summed E-state index contributed by atoms with van der Waals surface area (Å²) in [4.78, 5) is 44.2. The van der Waals surface area contributed by atoms with E-state index in [9.17, 15) is 36.0 Å². The minimum Gasteiger partial charge on any atom is -0.466 e. The number of nitrogens with one attached hydrogen (secondary N) is 2. The Balaban J connectivity index is -0.0000000587. The van der Waals surface area contributed by atoms with Crippen molar-refractivity contribution in [3.05, 3.63) is 202 Å². The maximum Gasteiger partial charge on any atom is 2.00 e. The number of rotatable bonds is 14. The molecule has 17 heteroatoms. The Morgan fingerprint density at radius 3 is 0.869 bits per heavy atom. The molecule has 0 fully saturated rings. The molecule has 84 heavy (non-hydrogen) atoms. The van der Waals surface area contributed by atoms with Crippen LogP contribution in [0, 0.1) is 36.1 Å². The van der Waals surface area contributed by atoms with Crippen molar-refractivity contribution in [1.29, 1.82) is 0 Å². The summed E-state index contributed by atoms with van der Waals surface area (Å²) in [6.07, 6.45) is 17.8. The van der Waals surface area contributed by atoms with E-state index < -0.39 is 31.9 Å². The quantitative estimate of drug-likeness (QED) is 0.0701. The largest absolute Gasteiger partial charge is 2.00 e. The number of carbonyl (C=O) groups excluding carboxylic acids is 4. The van der Waals surface area contributed by atoms with Gasteiger partial charge in [0.2, 0.25) is 20.0 Å². The minimum absolute atomic E-state index is 0. The van der Waals surface area contributed by atoms with E-state index in [0.29, 0.717) is 0 Å². The van der Waals surface area contributed by atoms with Crippen LogP contribution in [-0.2, 0) is 125 Å². The van der Waals surface area contributed by atoms with Crippen LogP contribution < -0.4 is 9.44 Å². The van der Waals surface area contributed by atoms with Crippen LogP contribution >= 0.6 is 0 Å². The second kappa shape index (κ2) is 82.6. The zero-order valence-electron chi connectivity index (χ0n) is 56.2. The number of benzene rings is 4. The van der Waals surface area contributed by atoms with Gasteiger partial charge < -0.3 is 31.8 Å². The summed E-state index contributed by atoms with van der Waals surface area (Å²) in [5.74, 6) is -1.99. The molecule has 0 aromatic heterocycles. The van der Waals surface area contributed by atoms with Gasteiger partial charge in [0.25, 0.3) is 11.8 Å². The van der Waals surface area contributed by atoms with Gasteiger partial charge >= 0.3 is 54.1 Å². The first-order valence-corrected chi connectivity index (χ1v) is 31.0. The summed E-state index contributed by atoms with van der Waals surface area (Å²) >= 11 is 0. The van der Waals surface area contributed by atoms with Crippen LogP contribution in [0.15, 0.2) is 121 Å². The first kappa shape index (κ1) is 114. The molecule has 0 radical (unpaired) electrons. The predicted octanol–water partition coefficient (Wildman–Crippen LogP) is 17.1. The van der Waals surface area contributed by atoms with E-state index in [1.165, 1.54) is 44.1 Å². The van der Waals surface area contributed by atoms with E-state index in [4.69, 9.17) is 0 Å². The van der Waals surface area contributed by atoms with Crippen LogP contribution in [0.4, 0.5) is 0 Å². The fraction of sp³-hybridized carbons (Fsp3) is 0.388. The molecule has 0 heterocycles. The molecule has 0 saturated carbocycles. The number of ether oxygens (including phenoxy) is 2. The first-order valence-electron chi connectivity index (χ1n) is 27.2. The van der Waals surface area contributed by atoms with Crippen LogP contribution in [-0.4, -0.2) is 67.3 Å². The molecule has 0 unspecified atom stereocenters. The van der Waals surface area contributed by atoms with Gasteiger partial charge in [-0.1, -0.05) is 198 Å². The zero-order valence-corrected chi connectivity index (χ0v) is 66.7. The van der Waals surface area contributed by atoms with Crippen molar-refractivity contribution >= 4 is 68.1 Å². The van der Waals surface area contributed by atoms with E-state index in [0.717, 1.165) is 83.2 Å². The van der Waals surface area contributed by atoms with Gasteiger partial charge in [0.15, 0.2) is 0 Å². The van der Waals surface area contributed by atoms with Gasteiger partial charge in [0, 0.05) is 39.3 Å². The number of hydrogen-bond acceptors (Lipinski definition) is 10. The van der Waals surface area contributed by atoms with Crippen LogP contribution in [0.5, 0.6) is 0 Å². The van der Waals surface area contributed by atoms with E-state index in [1.54, 1.807) is 30.4 Å². The molecule has 0 spiro atoms. The molecular weight excluding hydrogens is 1610 g/mol. The summed E-state index contributed by atoms with van der Waals surface area (Å²) in [6.45, 7) is 43.8. The Hall–Kier alpha value is -4.58. The number of amides is 2.